The molecule has 3 rings (SSSR count). The number of nitrogens with zero attached hydrogens (tertiary/aromatic N) is 2. The first-order valence-electron chi connectivity index (χ1n) is 12.3. The van der Waals surface area contributed by atoms with Crippen molar-refractivity contribution in [2.24, 2.45) is 0 Å². The lowest BCUT2D eigenvalue weighted by Gasteiger charge is -2.33. The average molecular weight is 556 g/mol. The van der Waals surface area contributed by atoms with E-state index < -0.39 is 34.1 Å². The number of sulfonamides is 1. The molecule has 1 atom stereocenters. The average Bonchev–Trinajstić information content (AvgIpc) is 2.86. The van der Waals surface area contributed by atoms with Crippen molar-refractivity contribution < 1.29 is 18.0 Å². The Bertz CT molecular complexity index is 1370. The SMILES string of the molecule is Cc1ccccc1CN(C(=O)CN(c1ccc(Cl)cc1)S(=O)(=O)c1ccccc1)[C@@H](C)C(=O)NC(C)(C)C. The Balaban J connectivity index is 2.03. The fourth-order valence-corrected chi connectivity index (χ4v) is 5.44. The molecule has 0 bridgehead atoms. The number of carbonyl (C=O) groups excluding carboxylic acids is 2. The molecule has 0 aliphatic carbocycles. The number of nitrogens with one attached hydrogen (secondary N) is 1. The summed E-state index contributed by atoms with van der Waals surface area (Å²) in [5.74, 6) is -0.845. The van der Waals surface area contributed by atoms with Gasteiger partial charge in [0.25, 0.3) is 10.0 Å². The first-order chi connectivity index (χ1) is 17.8. The summed E-state index contributed by atoms with van der Waals surface area (Å²) in [5, 5.41) is 3.36. The van der Waals surface area contributed by atoms with Gasteiger partial charge in [0, 0.05) is 17.1 Å². The van der Waals surface area contributed by atoms with Crippen LogP contribution in [0.3, 0.4) is 0 Å². The van der Waals surface area contributed by atoms with Crippen LogP contribution >= 0.6 is 11.6 Å². The molecule has 0 saturated heterocycles. The molecule has 3 aromatic carbocycles. The molecule has 0 fully saturated rings. The van der Waals surface area contributed by atoms with Crippen molar-refractivity contribution in [3.63, 3.8) is 0 Å². The van der Waals surface area contributed by atoms with Crippen LogP contribution in [0.25, 0.3) is 0 Å². The van der Waals surface area contributed by atoms with Gasteiger partial charge in [0.1, 0.15) is 12.6 Å². The lowest BCUT2D eigenvalue weighted by molar-refractivity contribution is -0.140. The normalized spacial score (nSPS) is 12.5. The number of carbonyl (C=O) groups is 2. The van der Waals surface area contributed by atoms with Gasteiger partial charge in [-0.3, -0.25) is 13.9 Å². The zero-order chi connectivity index (χ0) is 28.1. The van der Waals surface area contributed by atoms with E-state index in [1.807, 2.05) is 52.0 Å². The number of amides is 2. The highest BCUT2D eigenvalue weighted by atomic mass is 35.5. The molecule has 0 aliphatic heterocycles. The van der Waals surface area contributed by atoms with Crippen LogP contribution in [-0.4, -0.2) is 43.3 Å². The van der Waals surface area contributed by atoms with Gasteiger partial charge < -0.3 is 10.2 Å². The summed E-state index contributed by atoms with van der Waals surface area (Å²) >= 11 is 6.05. The highest BCUT2D eigenvalue weighted by Crippen LogP contribution is 2.26. The highest BCUT2D eigenvalue weighted by molar-refractivity contribution is 7.92. The van der Waals surface area contributed by atoms with E-state index in [2.05, 4.69) is 5.32 Å². The van der Waals surface area contributed by atoms with Crippen LogP contribution in [-0.2, 0) is 26.2 Å². The van der Waals surface area contributed by atoms with Crippen LogP contribution in [0.5, 0.6) is 0 Å². The maximum atomic E-state index is 13.9. The fourth-order valence-electron chi connectivity index (χ4n) is 3.88. The maximum Gasteiger partial charge on any atom is 0.264 e. The number of halogens is 1. The van der Waals surface area contributed by atoms with Crippen molar-refractivity contribution in [3.8, 4) is 0 Å². The zero-order valence-electron chi connectivity index (χ0n) is 22.3. The van der Waals surface area contributed by atoms with Gasteiger partial charge in [-0.05, 0) is 82.1 Å². The van der Waals surface area contributed by atoms with Gasteiger partial charge in [-0.25, -0.2) is 8.42 Å². The highest BCUT2D eigenvalue weighted by Gasteiger charge is 2.33. The van der Waals surface area contributed by atoms with Crippen molar-refractivity contribution in [2.75, 3.05) is 10.8 Å². The van der Waals surface area contributed by atoms with Crippen molar-refractivity contribution in [3.05, 3.63) is 95.0 Å². The summed E-state index contributed by atoms with van der Waals surface area (Å²) in [6.45, 7) is 8.80. The van der Waals surface area contributed by atoms with Gasteiger partial charge in [0.05, 0.1) is 10.6 Å². The van der Waals surface area contributed by atoms with E-state index in [9.17, 15) is 18.0 Å². The predicted octanol–water partition coefficient (Wildman–Crippen LogP) is 5.18. The third kappa shape index (κ3) is 7.36. The van der Waals surface area contributed by atoms with Crippen LogP contribution in [0.15, 0.2) is 83.8 Å². The minimum atomic E-state index is -4.11. The van der Waals surface area contributed by atoms with Gasteiger partial charge in [-0.2, -0.15) is 0 Å². The van der Waals surface area contributed by atoms with E-state index in [1.165, 1.54) is 17.0 Å². The van der Waals surface area contributed by atoms with Crippen molar-refractivity contribution in [1.29, 1.82) is 0 Å². The van der Waals surface area contributed by atoms with E-state index in [4.69, 9.17) is 11.6 Å². The van der Waals surface area contributed by atoms with Crippen LogP contribution in [0, 0.1) is 6.92 Å². The molecule has 1 N–H and O–H groups in total. The summed E-state index contributed by atoms with van der Waals surface area (Å²) in [5.41, 5.74) is 1.60. The number of benzene rings is 3. The second kappa shape index (κ2) is 12.0. The summed E-state index contributed by atoms with van der Waals surface area (Å²) < 4.78 is 28.5. The molecule has 0 aliphatic rings. The molecule has 0 saturated carbocycles. The Morgan fingerprint density at radius 1 is 0.921 bits per heavy atom. The third-order valence-corrected chi connectivity index (χ3v) is 8.03. The van der Waals surface area contributed by atoms with E-state index in [1.54, 1.807) is 49.4 Å². The summed E-state index contributed by atoms with van der Waals surface area (Å²) in [4.78, 5) is 28.5. The van der Waals surface area contributed by atoms with E-state index >= 15 is 0 Å². The molecular weight excluding hydrogens is 522 g/mol. The van der Waals surface area contributed by atoms with E-state index in [-0.39, 0.29) is 23.0 Å². The lowest BCUT2D eigenvalue weighted by atomic mass is 10.1. The monoisotopic (exact) mass is 555 g/mol. The van der Waals surface area contributed by atoms with Crippen LogP contribution < -0.4 is 9.62 Å². The first-order valence-corrected chi connectivity index (χ1v) is 14.1. The molecule has 2 amide bonds. The van der Waals surface area contributed by atoms with Gasteiger partial charge in [-0.15, -0.1) is 0 Å². The van der Waals surface area contributed by atoms with Gasteiger partial charge in [0.15, 0.2) is 0 Å². The van der Waals surface area contributed by atoms with E-state index in [0.717, 1.165) is 15.4 Å². The Hall–Kier alpha value is -3.36. The smallest absolute Gasteiger partial charge is 0.264 e. The number of rotatable bonds is 9. The molecule has 0 spiro atoms. The van der Waals surface area contributed by atoms with Crippen molar-refractivity contribution in [1.82, 2.24) is 10.2 Å². The Labute approximate surface area is 230 Å². The number of hydrogen-bond acceptors (Lipinski definition) is 4. The second-order valence-corrected chi connectivity index (χ2v) is 12.5. The summed E-state index contributed by atoms with van der Waals surface area (Å²) in [6.07, 6.45) is 0. The Kier molecular flexibility index (Phi) is 9.22. The minimum absolute atomic E-state index is 0.0479. The molecular formula is C29H34ClN3O4S. The fraction of sp³-hybridized carbons (Fsp3) is 0.310. The molecule has 9 heteroatoms. The lowest BCUT2D eigenvalue weighted by Crippen LogP contribution is -2.54. The summed E-state index contributed by atoms with van der Waals surface area (Å²) in [6, 6.07) is 20.9. The van der Waals surface area contributed by atoms with Crippen molar-refractivity contribution >= 4 is 39.1 Å². The molecule has 202 valence electrons. The quantitative estimate of drug-likeness (QED) is 0.394. The molecule has 3 aromatic rings. The first kappa shape index (κ1) is 29.2. The molecule has 0 radical (unpaired) electrons. The van der Waals surface area contributed by atoms with Gasteiger partial charge in [-0.1, -0.05) is 54.1 Å². The largest absolute Gasteiger partial charge is 0.350 e. The number of hydrogen-bond donors (Lipinski definition) is 1. The Morgan fingerprint density at radius 2 is 1.50 bits per heavy atom. The number of anilines is 1. The maximum absolute atomic E-state index is 13.9. The molecule has 0 unspecified atom stereocenters. The van der Waals surface area contributed by atoms with Gasteiger partial charge >= 0.3 is 0 Å². The van der Waals surface area contributed by atoms with Crippen LogP contribution in [0.2, 0.25) is 5.02 Å². The summed E-state index contributed by atoms with van der Waals surface area (Å²) in [7, 11) is -4.11. The van der Waals surface area contributed by atoms with Gasteiger partial charge in [0.2, 0.25) is 11.8 Å². The zero-order valence-corrected chi connectivity index (χ0v) is 23.9. The standard InChI is InChI=1S/C29H34ClN3O4S/c1-21-11-9-10-12-23(21)19-32(22(2)28(35)31-29(3,4)5)27(34)20-33(25-17-15-24(30)16-18-25)38(36,37)26-13-7-6-8-14-26/h6-18,22H,19-20H2,1-5H3,(H,31,35)/t22-/m0/s1. The van der Waals surface area contributed by atoms with Crippen LogP contribution in [0.1, 0.15) is 38.8 Å². The van der Waals surface area contributed by atoms with Crippen LogP contribution in [0.4, 0.5) is 5.69 Å². The number of aryl methyl sites for hydroxylation is 1. The Morgan fingerprint density at radius 3 is 2.08 bits per heavy atom. The predicted molar refractivity (Wildman–Crippen MR) is 152 cm³/mol. The second-order valence-electron chi connectivity index (χ2n) is 10.2. The van der Waals surface area contributed by atoms with Crippen molar-refractivity contribution in [2.45, 2.75) is 57.6 Å². The topological polar surface area (TPSA) is 86.8 Å². The molecule has 0 aromatic heterocycles. The molecule has 38 heavy (non-hydrogen) atoms. The molecule has 0 heterocycles. The van der Waals surface area contributed by atoms with E-state index in [0.29, 0.717) is 5.02 Å². The third-order valence-electron chi connectivity index (χ3n) is 5.99. The molecule has 7 nitrogen and oxygen atoms in total. The minimum Gasteiger partial charge on any atom is -0.350 e.